The molecule has 0 radical (unpaired) electrons. The summed E-state index contributed by atoms with van der Waals surface area (Å²) in [5.74, 6) is 0.451. The minimum Gasteiger partial charge on any atom is -0.393 e. The first-order valence-corrected chi connectivity index (χ1v) is 6.60. The molecule has 1 aliphatic rings. The summed E-state index contributed by atoms with van der Waals surface area (Å²) in [6.07, 6.45) is 4.76. The van der Waals surface area contributed by atoms with E-state index in [1.165, 1.54) is 0 Å². The highest BCUT2D eigenvalue weighted by atomic mass is 16.3. The molecule has 0 saturated carbocycles. The fraction of sp³-hybridized carbons (Fsp3) is 0.643. The van der Waals surface area contributed by atoms with Crippen LogP contribution in [0.25, 0.3) is 0 Å². The molecular weight excluding hydrogens is 212 g/mol. The van der Waals surface area contributed by atoms with E-state index < -0.39 is 0 Å². The van der Waals surface area contributed by atoms with Gasteiger partial charge in [-0.05, 0) is 30.9 Å². The Hall–Kier alpha value is -0.930. The first-order valence-electron chi connectivity index (χ1n) is 6.60. The van der Waals surface area contributed by atoms with Gasteiger partial charge >= 0.3 is 0 Å². The van der Waals surface area contributed by atoms with Crippen LogP contribution in [0.15, 0.2) is 24.4 Å². The SMILES string of the molecule is CCC1CN(CCc2ccccn2)CCC1O. The van der Waals surface area contributed by atoms with Gasteiger partial charge in [-0.1, -0.05) is 13.0 Å². The van der Waals surface area contributed by atoms with Crippen molar-refractivity contribution in [2.24, 2.45) is 5.92 Å². The highest BCUT2D eigenvalue weighted by Gasteiger charge is 2.25. The van der Waals surface area contributed by atoms with Gasteiger partial charge in [0.1, 0.15) is 0 Å². The summed E-state index contributed by atoms with van der Waals surface area (Å²) in [5, 5.41) is 9.83. The standard InChI is InChI=1S/C14H22N2O/c1-2-12-11-16(10-7-14(12)17)9-6-13-5-3-4-8-15-13/h3-5,8,12,14,17H,2,6-7,9-11H2,1H3. The molecule has 0 amide bonds. The normalized spacial score (nSPS) is 26.0. The van der Waals surface area contributed by atoms with Gasteiger partial charge in [0.2, 0.25) is 0 Å². The van der Waals surface area contributed by atoms with E-state index in [1.54, 1.807) is 0 Å². The lowest BCUT2D eigenvalue weighted by molar-refractivity contribution is 0.0256. The monoisotopic (exact) mass is 234 g/mol. The van der Waals surface area contributed by atoms with Crippen LogP contribution in [0.2, 0.25) is 0 Å². The third-order valence-electron chi connectivity index (χ3n) is 3.71. The van der Waals surface area contributed by atoms with Crippen LogP contribution in [0.5, 0.6) is 0 Å². The molecule has 2 heterocycles. The minimum absolute atomic E-state index is 0.0916. The van der Waals surface area contributed by atoms with Gasteiger partial charge in [-0.2, -0.15) is 0 Å². The second-order valence-corrected chi connectivity index (χ2v) is 4.90. The molecule has 1 aromatic rings. The largest absolute Gasteiger partial charge is 0.393 e. The number of aliphatic hydroxyl groups excluding tert-OH is 1. The number of aliphatic hydroxyl groups is 1. The van der Waals surface area contributed by atoms with Crippen LogP contribution in [0, 0.1) is 5.92 Å². The molecule has 17 heavy (non-hydrogen) atoms. The van der Waals surface area contributed by atoms with Crippen LogP contribution in [-0.2, 0) is 6.42 Å². The van der Waals surface area contributed by atoms with E-state index in [0.29, 0.717) is 5.92 Å². The molecule has 1 N–H and O–H groups in total. The van der Waals surface area contributed by atoms with Gasteiger partial charge in [-0.15, -0.1) is 0 Å². The zero-order chi connectivity index (χ0) is 12.1. The maximum absolute atomic E-state index is 9.83. The Labute approximate surface area is 103 Å². The van der Waals surface area contributed by atoms with Gasteiger partial charge in [-0.25, -0.2) is 0 Å². The second-order valence-electron chi connectivity index (χ2n) is 4.90. The van der Waals surface area contributed by atoms with Crippen molar-refractivity contribution in [1.29, 1.82) is 0 Å². The molecule has 3 nitrogen and oxygen atoms in total. The first-order chi connectivity index (χ1) is 8.29. The molecule has 2 unspecified atom stereocenters. The average molecular weight is 234 g/mol. The number of aromatic nitrogens is 1. The fourth-order valence-electron chi connectivity index (χ4n) is 2.52. The van der Waals surface area contributed by atoms with E-state index in [1.807, 2.05) is 18.3 Å². The summed E-state index contributed by atoms with van der Waals surface area (Å²) < 4.78 is 0. The van der Waals surface area contributed by atoms with Crippen LogP contribution >= 0.6 is 0 Å². The molecule has 0 spiro atoms. The molecule has 0 aromatic carbocycles. The van der Waals surface area contributed by atoms with Crippen molar-refractivity contribution in [2.75, 3.05) is 19.6 Å². The van der Waals surface area contributed by atoms with Crippen molar-refractivity contribution in [3.8, 4) is 0 Å². The van der Waals surface area contributed by atoms with E-state index in [9.17, 15) is 5.11 Å². The molecule has 0 bridgehead atoms. The van der Waals surface area contributed by atoms with Crippen LogP contribution in [0.4, 0.5) is 0 Å². The van der Waals surface area contributed by atoms with Gasteiger partial charge in [0.05, 0.1) is 6.10 Å². The zero-order valence-electron chi connectivity index (χ0n) is 10.5. The number of hydrogen-bond acceptors (Lipinski definition) is 3. The number of piperidine rings is 1. The third kappa shape index (κ3) is 3.51. The van der Waals surface area contributed by atoms with Crippen LogP contribution < -0.4 is 0 Å². The first kappa shape index (κ1) is 12.5. The predicted octanol–water partition coefficient (Wildman–Crippen LogP) is 1.72. The smallest absolute Gasteiger partial charge is 0.0592 e. The molecule has 1 saturated heterocycles. The molecule has 94 valence electrons. The number of pyridine rings is 1. The Morgan fingerprint density at radius 3 is 3.06 bits per heavy atom. The Kier molecular flexibility index (Phi) is 4.51. The third-order valence-corrected chi connectivity index (χ3v) is 3.71. The summed E-state index contributed by atoms with van der Waals surface area (Å²) >= 11 is 0. The lowest BCUT2D eigenvalue weighted by Crippen LogP contribution is -2.43. The van der Waals surface area contributed by atoms with E-state index >= 15 is 0 Å². The van der Waals surface area contributed by atoms with Crippen LogP contribution in [-0.4, -0.2) is 40.7 Å². The van der Waals surface area contributed by atoms with Crippen molar-refractivity contribution in [2.45, 2.75) is 32.3 Å². The highest BCUT2D eigenvalue weighted by Crippen LogP contribution is 2.19. The van der Waals surface area contributed by atoms with Crippen LogP contribution in [0.3, 0.4) is 0 Å². The van der Waals surface area contributed by atoms with Gasteiger partial charge < -0.3 is 10.0 Å². The second kappa shape index (κ2) is 6.12. The summed E-state index contributed by atoms with van der Waals surface area (Å²) in [6.45, 7) is 5.27. The van der Waals surface area contributed by atoms with E-state index in [-0.39, 0.29) is 6.10 Å². The Bertz CT molecular complexity index is 328. The minimum atomic E-state index is -0.0916. The van der Waals surface area contributed by atoms with Gasteiger partial charge in [-0.3, -0.25) is 4.98 Å². The molecule has 1 aromatic heterocycles. The van der Waals surface area contributed by atoms with E-state index in [4.69, 9.17) is 0 Å². The molecule has 1 fully saturated rings. The predicted molar refractivity (Wildman–Crippen MR) is 68.8 cm³/mol. The van der Waals surface area contributed by atoms with E-state index in [0.717, 1.165) is 44.6 Å². The lowest BCUT2D eigenvalue weighted by Gasteiger charge is -2.35. The van der Waals surface area contributed by atoms with Crippen molar-refractivity contribution < 1.29 is 5.11 Å². The summed E-state index contributed by atoms with van der Waals surface area (Å²) in [5.41, 5.74) is 1.16. The molecule has 0 aliphatic carbocycles. The summed E-state index contributed by atoms with van der Waals surface area (Å²) in [4.78, 5) is 6.80. The maximum Gasteiger partial charge on any atom is 0.0592 e. The number of nitrogens with zero attached hydrogens (tertiary/aromatic N) is 2. The molecule has 2 rings (SSSR count). The number of likely N-dealkylation sites (tertiary alicyclic amines) is 1. The van der Waals surface area contributed by atoms with E-state index in [2.05, 4.69) is 22.9 Å². The molecule has 1 aliphatic heterocycles. The Morgan fingerprint density at radius 1 is 1.47 bits per heavy atom. The zero-order valence-corrected chi connectivity index (χ0v) is 10.5. The fourth-order valence-corrected chi connectivity index (χ4v) is 2.52. The van der Waals surface area contributed by atoms with Crippen molar-refractivity contribution in [1.82, 2.24) is 9.88 Å². The van der Waals surface area contributed by atoms with Crippen molar-refractivity contribution in [3.05, 3.63) is 30.1 Å². The van der Waals surface area contributed by atoms with Crippen LogP contribution in [0.1, 0.15) is 25.5 Å². The van der Waals surface area contributed by atoms with Gasteiger partial charge in [0.15, 0.2) is 0 Å². The quantitative estimate of drug-likeness (QED) is 0.861. The van der Waals surface area contributed by atoms with Gasteiger partial charge in [0.25, 0.3) is 0 Å². The van der Waals surface area contributed by atoms with Gasteiger partial charge in [0, 0.05) is 37.9 Å². The molecule has 3 heteroatoms. The molecule has 2 atom stereocenters. The highest BCUT2D eigenvalue weighted by molar-refractivity contribution is 5.03. The number of rotatable bonds is 4. The number of hydrogen-bond donors (Lipinski definition) is 1. The topological polar surface area (TPSA) is 36.4 Å². The summed E-state index contributed by atoms with van der Waals surface area (Å²) in [6, 6.07) is 6.07. The van der Waals surface area contributed by atoms with Crippen molar-refractivity contribution >= 4 is 0 Å². The Morgan fingerprint density at radius 2 is 2.35 bits per heavy atom. The summed E-state index contributed by atoms with van der Waals surface area (Å²) in [7, 11) is 0. The maximum atomic E-state index is 9.83. The lowest BCUT2D eigenvalue weighted by atomic mass is 9.92. The molecular formula is C14H22N2O. The Balaban J connectivity index is 1.80. The average Bonchev–Trinajstić information content (AvgIpc) is 2.39. The van der Waals surface area contributed by atoms with Crippen molar-refractivity contribution in [3.63, 3.8) is 0 Å².